The minimum absolute atomic E-state index is 0.889. The Morgan fingerprint density at radius 2 is 1.62 bits per heavy atom. The monoisotopic (exact) mass is 361 g/mol. The first-order valence-electron chi connectivity index (χ1n) is 6.59. The fourth-order valence-corrected chi connectivity index (χ4v) is 2.10. The summed E-state index contributed by atoms with van der Waals surface area (Å²) in [5.41, 5.74) is 0. The van der Waals surface area contributed by atoms with Crippen molar-refractivity contribution in [3.05, 3.63) is 0 Å². The molecular weight excluding hydrogens is 346 g/mol. The summed E-state index contributed by atoms with van der Waals surface area (Å²) in [7, 11) is 0. The molecule has 0 unspecified atom stereocenters. The van der Waals surface area contributed by atoms with Gasteiger partial charge >= 0.3 is 24.0 Å². The van der Waals surface area contributed by atoms with E-state index in [4.69, 9.17) is 14.2 Å². The summed E-state index contributed by atoms with van der Waals surface area (Å²) in [4.78, 5) is 33.3. The van der Waals surface area contributed by atoms with Crippen LogP contribution in [0.4, 0.5) is 17.6 Å². The number of carbonyl (C=O) groups is 3. The van der Waals surface area contributed by atoms with Crippen LogP contribution in [-0.4, -0.2) is 66.4 Å². The molecule has 1 amide bonds. The van der Waals surface area contributed by atoms with E-state index in [0.29, 0.717) is 0 Å². The number of aliphatic hydroxyl groups is 1. The molecule has 1 aliphatic heterocycles. The molecule has 1 saturated heterocycles. The van der Waals surface area contributed by atoms with E-state index in [0.717, 1.165) is 13.8 Å². The second-order valence-corrected chi connectivity index (χ2v) is 4.86. The molecule has 0 aromatic rings. The smallest absolute Gasteiger partial charge is 0.456 e. The van der Waals surface area contributed by atoms with E-state index in [-0.39, 0.29) is 0 Å². The zero-order chi connectivity index (χ0) is 18.7. The molecule has 12 heteroatoms. The molecule has 1 fully saturated rings. The molecule has 24 heavy (non-hydrogen) atoms. The van der Waals surface area contributed by atoms with E-state index in [1.165, 1.54) is 5.32 Å². The Balaban J connectivity index is 3.14. The first kappa shape index (κ1) is 20.1. The van der Waals surface area contributed by atoms with E-state index >= 15 is 0 Å². The average Bonchev–Trinajstić information content (AvgIpc) is 2.43. The van der Waals surface area contributed by atoms with Crippen molar-refractivity contribution < 1.29 is 51.3 Å². The lowest BCUT2D eigenvalue weighted by molar-refractivity contribution is -0.261. The molecule has 1 rings (SSSR count). The first-order chi connectivity index (χ1) is 11.0. The minimum atomic E-state index is -5.30. The molecule has 0 spiro atoms. The third-order valence-electron chi connectivity index (χ3n) is 2.98. The van der Waals surface area contributed by atoms with Gasteiger partial charge in [-0.1, -0.05) is 0 Å². The molecule has 0 saturated carbocycles. The van der Waals surface area contributed by atoms with Crippen molar-refractivity contribution in [3.8, 4) is 0 Å². The topological polar surface area (TPSA) is 111 Å². The third-order valence-corrected chi connectivity index (χ3v) is 2.98. The van der Waals surface area contributed by atoms with Crippen LogP contribution in [0, 0.1) is 0 Å². The van der Waals surface area contributed by atoms with E-state index in [2.05, 4.69) is 0 Å². The van der Waals surface area contributed by atoms with Crippen LogP contribution >= 0.6 is 0 Å². The van der Waals surface area contributed by atoms with E-state index in [1.54, 1.807) is 0 Å². The van der Waals surface area contributed by atoms with Gasteiger partial charge in [0.05, 0.1) is 0 Å². The molecule has 2 N–H and O–H groups in total. The van der Waals surface area contributed by atoms with Crippen LogP contribution in [0.25, 0.3) is 0 Å². The third kappa shape index (κ3) is 5.03. The average molecular weight is 361 g/mol. The van der Waals surface area contributed by atoms with E-state index in [9.17, 15) is 37.1 Å². The van der Waals surface area contributed by atoms with Crippen molar-refractivity contribution >= 4 is 17.8 Å². The number of amides is 1. The normalized spacial score (nSPS) is 30.4. The lowest BCUT2D eigenvalue weighted by Gasteiger charge is -2.43. The quantitative estimate of drug-likeness (QED) is 0.517. The molecule has 0 aliphatic carbocycles. The van der Waals surface area contributed by atoms with Gasteiger partial charge in [-0.25, -0.2) is 4.39 Å². The van der Waals surface area contributed by atoms with Gasteiger partial charge in [-0.2, -0.15) is 13.2 Å². The van der Waals surface area contributed by atoms with Gasteiger partial charge in [0.15, 0.2) is 18.5 Å². The summed E-state index contributed by atoms with van der Waals surface area (Å²) in [6.07, 6.45) is -12.5. The largest absolute Gasteiger partial charge is 0.471 e. The SMILES string of the molecule is CC(=O)O[C@@H]1[C@@H](NC(=O)C(F)(F)F)[C@@H](O)O[C@H](CF)[C@H]1OC(C)=O. The van der Waals surface area contributed by atoms with Crippen LogP contribution in [0.15, 0.2) is 0 Å². The van der Waals surface area contributed by atoms with Crippen molar-refractivity contribution in [1.29, 1.82) is 0 Å². The number of alkyl halides is 4. The fraction of sp³-hybridized carbons (Fsp3) is 0.750. The van der Waals surface area contributed by atoms with Gasteiger partial charge in [0.1, 0.15) is 18.8 Å². The molecule has 0 bridgehead atoms. The summed E-state index contributed by atoms with van der Waals surface area (Å²) in [5.74, 6) is -4.43. The predicted octanol–water partition coefficient (Wildman–Crippen LogP) is -0.416. The summed E-state index contributed by atoms with van der Waals surface area (Å²) >= 11 is 0. The molecule has 0 aromatic carbocycles. The lowest BCUT2D eigenvalue weighted by atomic mass is 9.96. The number of halogens is 4. The highest BCUT2D eigenvalue weighted by Gasteiger charge is 2.52. The maximum Gasteiger partial charge on any atom is 0.471 e. The summed E-state index contributed by atoms with van der Waals surface area (Å²) in [6, 6.07) is -1.94. The van der Waals surface area contributed by atoms with Crippen LogP contribution in [-0.2, 0) is 28.6 Å². The maximum atomic E-state index is 13.0. The Morgan fingerprint density at radius 1 is 1.12 bits per heavy atom. The van der Waals surface area contributed by atoms with Crippen LogP contribution in [0.2, 0.25) is 0 Å². The zero-order valence-electron chi connectivity index (χ0n) is 12.5. The Bertz CT molecular complexity index is 498. The molecule has 0 radical (unpaired) electrons. The van der Waals surface area contributed by atoms with Crippen molar-refractivity contribution in [2.24, 2.45) is 0 Å². The highest BCUT2D eigenvalue weighted by molar-refractivity contribution is 5.82. The Hall–Kier alpha value is -1.95. The van der Waals surface area contributed by atoms with Crippen LogP contribution in [0.3, 0.4) is 0 Å². The summed E-state index contributed by atoms with van der Waals surface area (Å²) < 4.78 is 64.3. The van der Waals surface area contributed by atoms with Gasteiger partial charge in [0.25, 0.3) is 0 Å². The lowest BCUT2D eigenvalue weighted by Crippen LogP contribution is -2.66. The van der Waals surface area contributed by atoms with Crippen LogP contribution in [0.1, 0.15) is 13.8 Å². The van der Waals surface area contributed by atoms with Gasteiger partial charge < -0.3 is 24.6 Å². The van der Waals surface area contributed by atoms with Gasteiger partial charge in [-0.05, 0) is 0 Å². The van der Waals surface area contributed by atoms with Crippen molar-refractivity contribution in [2.45, 2.75) is 50.7 Å². The Morgan fingerprint density at radius 3 is 2.04 bits per heavy atom. The molecule has 8 nitrogen and oxygen atoms in total. The fourth-order valence-electron chi connectivity index (χ4n) is 2.10. The van der Waals surface area contributed by atoms with Crippen molar-refractivity contribution in [2.75, 3.05) is 6.67 Å². The number of nitrogens with one attached hydrogen (secondary N) is 1. The number of hydrogen-bond acceptors (Lipinski definition) is 7. The number of aliphatic hydroxyl groups excluding tert-OH is 1. The van der Waals surface area contributed by atoms with Gasteiger partial charge in [0, 0.05) is 13.8 Å². The number of rotatable bonds is 4. The second kappa shape index (κ2) is 7.75. The van der Waals surface area contributed by atoms with Crippen molar-refractivity contribution in [1.82, 2.24) is 5.32 Å². The summed E-state index contributed by atoms with van der Waals surface area (Å²) in [5, 5.41) is 11.1. The predicted molar refractivity (Wildman–Crippen MR) is 65.9 cm³/mol. The van der Waals surface area contributed by atoms with Gasteiger partial charge in [-0.15, -0.1) is 0 Å². The number of hydrogen-bond donors (Lipinski definition) is 2. The van der Waals surface area contributed by atoms with Gasteiger partial charge in [-0.3, -0.25) is 14.4 Å². The van der Waals surface area contributed by atoms with E-state index < -0.39 is 61.3 Å². The Kier molecular flexibility index (Phi) is 6.49. The zero-order valence-corrected chi connectivity index (χ0v) is 12.5. The summed E-state index contributed by atoms with van der Waals surface area (Å²) in [6.45, 7) is 0.515. The van der Waals surface area contributed by atoms with Crippen LogP contribution in [0.5, 0.6) is 0 Å². The molecule has 138 valence electrons. The number of carbonyl (C=O) groups excluding carboxylic acids is 3. The maximum absolute atomic E-state index is 13.0. The number of ether oxygens (including phenoxy) is 3. The highest BCUT2D eigenvalue weighted by Crippen LogP contribution is 2.27. The molecule has 1 aliphatic rings. The van der Waals surface area contributed by atoms with E-state index in [1.807, 2.05) is 0 Å². The highest BCUT2D eigenvalue weighted by atomic mass is 19.4. The van der Waals surface area contributed by atoms with Crippen LogP contribution < -0.4 is 5.32 Å². The minimum Gasteiger partial charge on any atom is -0.456 e. The second-order valence-electron chi connectivity index (χ2n) is 4.86. The molecule has 0 aromatic heterocycles. The van der Waals surface area contributed by atoms with Crippen molar-refractivity contribution in [3.63, 3.8) is 0 Å². The number of esters is 2. The first-order valence-corrected chi connectivity index (χ1v) is 6.59. The standard InChI is InChI=1S/C12H15F4NO7/c1-4(18)22-8-6(3-13)24-10(20)7(9(8)23-5(2)19)17-11(21)12(14,15)16/h6-10,20H,3H2,1-2H3,(H,17,21)/t6-,7-,8-,9-,10+/m1/s1. The molecule has 5 atom stereocenters. The Labute approximate surface area is 133 Å². The molecular formula is C12H15F4NO7. The van der Waals surface area contributed by atoms with Gasteiger partial charge in [0.2, 0.25) is 0 Å². The molecule has 1 heterocycles.